The Labute approximate surface area is 108 Å². The average Bonchev–Trinajstić information content (AvgIpc) is 2.14. The summed E-state index contributed by atoms with van der Waals surface area (Å²) in [7, 11) is 0.922. The van der Waals surface area contributed by atoms with E-state index >= 15 is 0 Å². The van der Waals surface area contributed by atoms with Gasteiger partial charge in [-0.25, -0.2) is 4.57 Å². The molecule has 0 radical (unpaired) electrons. The van der Waals surface area contributed by atoms with Crippen LogP contribution in [0.15, 0.2) is 12.3 Å². The number of pyridine rings is 1. The van der Waals surface area contributed by atoms with Crippen LogP contribution < -0.4 is 9.75 Å². The maximum absolute atomic E-state index is 2.46. The Bertz CT molecular complexity index is 400. The van der Waals surface area contributed by atoms with Crippen LogP contribution in [0.25, 0.3) is 0 Å². The van der Waals surface area contributed by atoms with Crippen LogP contribution in [0, 0.1) is 0 Å². The number of nitrogens with zero attached hydrogens (tertiary/aromatic N) is 1. The molecule has 0 bridgehead atoms. The van der Waals surface area contributed by atoms with Gasteiger partial charge in [-0.2, -0.15) is 0 Å². The molecule has 1 rings (SSSR count). The van der Waals surface area contributed by atoms with Crippen molar-refractivity contribution in [2.45, 2.75) is 59.2 Å². The van der Waals surface area contributed by atoms with Crippen molar-refractivity contribution in [2.75, 3.05) is 0 Å². The number of aryl methyl sites for hydroxylation is 1. The number of rotatable bonds is 3. The van der Waals surface area contributed by atoms with Gasteiger partial charge in [-0.3, -0.25) is 0 Å². The Kier molecular flexibility index (Phi) is 4.18. The molecular formula is C15H28NSi+. The maximum Gasteiger partial charge on any atom is 0.183 e. The van der Waals surface area contributed by atoms with E-state index in [1.807, 2.05) is 0 Å². The molecule has 0 aliphatic rings. The van der Waals surface area contributed by atoms with Gasteiger partial charge in [-0.15, -0.1) is 0 Å². The van der Waals surface area contributed by atoms with E-state index in [9.17, 15) is 0 Å². The van der Waals surface area contributed by atoms with Gasteiger partial charge in [0.05, 0.1) is 8.07 Å². The van der Waals surface area contributed by atoms with Crippen molar-refractivity contribution in [1.29, 1.82) is 0 Å². The maximum atomic E-state index is 2.46. The quantitative estimate of drug-likeness (QED) is 0.572. The van der Waals surface area contributed by atoms with E-state index in [1.165, 1.54) is 11.3 Å². The summed E-state index contributed by atoms with van der Waals surface area (Å²) >= 11 is 0. The molecule has 17 heavy (non-hydrogen) atoms. The minimum absolute atomic E-state index is 0.594. The van der Waals surface area contributed by atoms with Crippen molar-refractivity contribution in [2.24, 2.45) is 7.05 Å². The Hall–Kier alpha value is -0.633. The van der Waals surface area contributed by atoms with Gasteiger partial charge in [0.25, 0.3) is 0 Å². The molecule has 1 aromatic heterocycles. The fourth-order valence-electron chi connectivity index (χ4n) is 2.37. The molecule has 2 heteroatoms. The summed E-state index contributed by atoms with van der Waals surface area (Å²) in [6, 6.07) is 2.46. The van der Waals surface area contributed by atoms with Gasteiger partial charge in [0.1, 0.15) is 7.05 Å². The highest BCUT2D eigenvalue weighted by molar-refractivity contribution is 6.89. The lowest BCUT2D eigenvalue weighted by Crippen LogP contribution is -2.46. The summed E-state index contributed by atoms with van der Waals surface area (Å²) < 4.78 is 2.31. The molecule has 0 saturated carbocycles. The molecule has 0 unspecified atom stereocenters. The SMILES string of the molecule is CC(C)c1c[n+](C)c(C(C)C)cc1[Si](C)(C)C. The van der Waals surface area contributed by atoms with E-state index in [0.717, 1.165) is 0 Å². The fourth-order valence-corrected chi connectivity index (χ4v) is 4.17. The minimum atomic E-state index is -1.25. The number of hydrogen-bond acceptors (Lipinski definition) is 0. The van der Waals surface area contributed by atoms with Crippen LogP contribution in [0.3, 0.4) is 0 Å². The van der Waals surface area contributed by atoms with E-state index in [-0.39, 0.29) is 0 Å². The minimum Gasteiger partial charge on any atom is -0.205 e. The molecule has 1 aromatic rings. The van der Waals surface area contributed by atoms with Crippen LogP contribution in [0.2, 0.25) is 19.6 Å². The van der Waals surface area contributed by atoms with Crippen molar-refractivity contribution >= 4 is 13.3 Å². The standard InChI is InChI=1S/C15H28NSi/c1-11(2)13-10-16(5)14(12(3)4)9-15(13)17(6,7)8/h9-12H,1-8H3/q+1. The summed E-state index contributed by atoms with van der Waals surface area (Å²) in [5.41, 5.74) is 2.99. The van der Waals surface area contributed by atoms with E-state index < -0.39 is 8.07 Å². The zero-order valence-corrected chi connectivity index (χ0v) is 13.8. The fraction of sp³-hybridized carbons (Fsp3) is 0.667. The van der Waals surface area contributed by atoms with E-state index in [4.69, 9.17) is 0 Å². The van der Waals surface area contributed by atoms with Gasteiger partial charge in [-0.1, -0.05) is 47.3 Å². The molecule has 0 aliphatic heterocycles. The molecule has 0 aliphatic carbocycles. The summed E-state index contributed by atoms with van der Waals surface area (Å²) in [5.74, 6) is 1.21. The molecule has 0 fully saturated rings. The predicted molar refractivity (Wildman–Crippen MR) is 78.8 cm³/mol. The number of aromatic nitrogens is 1. The lowest BCUT2D eigenvalue weighted by molar-refractivity contribution is -0.680. The molecule has 96 valence electrons. The molecule has 0 N–H and O–H groups in total. The van der Waals surface area contributed by atoms with Crippen LogP contribution in [0.5, 0.6) is 0 Å². The zero-order valence-electron chi connectivity index (χ0n) is 12.8. The number of hydrogen-bond donors (Lipinski definition) is 0. The summed E-state index contributed by atoms with van der Waals surface area (Å²) in [6.07, 6.45) is 2.35. The zero-order chi connectivity index (χ0) is 13.4. The van der Waals surface area contributed by atoms with E-state index in [0.29, 0.717) is 11.8 Å². The molecule has 0 aromatic carbocycles. The summed E-state index contributed by atoms with van der Waals surface area (Å²) in [6.45, 7) is 16.5. The van der Waals surface area contributed by atoms with Gasteiger partial charge in [-0.05, 0) is 11.1 Å². The van der Waals surface area contributed by atoms with Crippen LogP contribution in [-0.2, 0) is 7.05 Å². The second-order valence-corrected chi connectivity index (χ2v) is 11.8. The second kappa shape index (κ2) is 4.93. The molecule has 0 saturated heterocycles. The Morgan fingerprint density at radius 1 is 1.00 bits per heavy atom. The van der Waals surface area contributed by atoms with Gasteiger partial charge in [0, 0.05) is 17.5 Å². The lowest BCUT2D eigenvalue weighted by atomic mass is 10.0. The first kappa shape index (κ1) is 14.4. The molecule has 1 heterocycles. The summed E-state index contributed by atoms with van der Waals surface area (Å²) in [5, 5.41) is 1.63. The third-order valence-corrected chi connectivity index (χ3v) is 5.41. The molecule has 0 spiro atoms. The van der Waals surface area contributed by atoms with Crippen LogP contribution in [0.1, 0.15) is 50.8 Å². The van der Waals surface area contributed by atoms with Crippen molar-refractivity contribution in [3.8, 4) is 0 Å². The normalized spacial score (nSPS) is 12.6. The Balaban J connectivity index is 3.48. The van der Waals surface area contributed by atoms with Crippen molar-refractivity contribution in [3.63, 3.8) is 0 Å². The first-order valence-corrected chi connectivity index (χ1v) is 10.2. The van der Waals surface area contributed by atoms with Gasteiger partial charge in [0.2, 0.25) is 0 Å². The first-order valence-electron chi connectivity index (χ1n) is 6.68. The van der Waals surface area contributed by atoms with Gasteiger partial charge in [0.15, 0.2) is 11.9 Å². The Morgan fingerprint density at radius 2 is 1.53 bits per heavy atom. The molecule has 1 nitrogen and oxygen atoms in total. The molecule has 0 atom stereocenters. The van der Waals surface area contributed by atoms with Crippen molar-refractivity contribution in [3.05, 3.63) is 23.5 Å². The van der Waals surface area contributed by atoms with Gasteiger partial charge >= 0.3 is 0 Å². The molecular weight excluding hydrogens is 222 g/mol. The molecule has 0 amide bonds. The van der Waals surface area contributed by atoms with Crippen LogP contribution >= 0.6 is 0 Å². The second-order valence-electron chi connectivity index (χ2n) is 6.74. The highest BCUT2D eigenvalue weighted by atomic mass is 28.3. The van der Waals surface area contributed by atoms with Gasteiger partial charge < -0.3 is 0 Å². The van der Waals surface area contributed by atoms with E-state index in [1.54, 1.807) is 5.19 Å². The third-order valence-electron chi connectivity index (χ3n) is 3.36. The summed E-state index contributed by atoms with van der Waals surface area (Å²) in [4.78, 5) is 0. The van der Waals surface area contributed by atoms with Crippen LogP contribution in [0.4, 0.5) is 0 Å². The third kappa shape index (κ3) is 3.18. The van der Waals surface area contributed by atoms with Crippen molar-refractivity contribution in [1.82, 2.24) is 0 Å². The van der Waals surface area contributed by atoms with Crippen molar-refractivity contribution < 1.29 is 4.57 Å². The smallest absolute Gasteiger partial charge is 0.183 e. The topological polar surface area (TPSA) is 3.88 Å². The predicted octanol–water partition coefficient (Wildman–Crippen LogP) is 3.30. The Morgan fingerprint density at radius 3 is 1.88 bits per heavy atom. The van der Waals surface area contributed by atoms with E-state index in [2.05, 4.69) is 71.2 Å². The highest BCUT2D eigenvalue weighted by Gasteiger charge is 2.26. The average molecular weight is 250 g/mol. The first-order chi connectivity index (χ1) is 7.64. The monoisotopic (exact) mass is 250 g/mol. The highest BCUT2D eigenvalue weighted by Crippen LogP contribution is 2.18. The largest absolute Gasteiger partial charge is 0.205 e. The van der Waals surface area contributed by atoms with Crippen LogP contribution in [-0.4, -0.2) is 8.07 Å². The lowest BCUT2D eigenvalue weighted by Gasteiger charge is -2.23.